The number of benzene rings is 2. The number of nitrogens with one attached hydrogen (secondary N) is 2. The number of halogens is 3. The van der Waals surface area contributed by atoms with E-state index < -0.39 is 31.6 Å². The first kappa shape index (κ1) is 30.6. The van der Waals surface area contributed by atoms with Gasteiger partial charge in [-0.3, -0.25) is 0 Å². The third-order valence-corrected chi connectivity index (χ3v) is 9.07. The number of aromatic nitrogens is 3. The first-order chi connectivity index (χ1) is 20.1. The van der Waals surface area contributed by atoms with E-state index in [1.807, 2.05) is 0 Å². The van der Waals surface area contributed by atoms with Gasteiger partial charge in [0.15, 0.2) is 15.7 Å². The Hall–Kier alpha value is -3.86. The highest BCUT2D eigenvalue weighted by Crippen LogP contribution is 2.51. The number of anilines is 2. The standard InChI is InChI=1S/C27H27F3N6O5S2/c1-41-15-18-6-5-17(13-22(18)42(2,37)38)20-9-10-21-23(33-20)24(36-26(11-12-26)27(28,29)30)35-25(34-21)32-14-16-3-7-19(8-4-16)43(31,39)40/h3-10,13H,11-12,14-15H2,1-2H3,(H2,31,39,40)(H2,32,34,35,36). The van der Waals surface area contributed by atoms with Crippen LogP contribution in [0.15, 0.2) is 64.4 Å². The Bertz CT molecular complexity index is 1910. The number of methoxy groups -OCH3 is 1. The Labute approximate surface area is 245 Å². The molecule has 0 amide bonds. The second-order valence-electron chi connectivity index (χ2n) is 10.2. The predicted octanol–water partition coefficient (Wildman–Crippen LogP) is 4.01. The molecule has 0 radical (unpaired) electrons. The molecule has 2 aromatic heterocycles. The van der Waals surface area contributed by atoms with Crippen LogP contribution in [0.2, 0.25) is 0 Å². The minimum Gasteiger partial charge on any atom is -0.380 e. The van der Waals surface area contributed by atoms with Gasteiger partial charge in [0.1, 0.15) is 11.1 Å². The van der Waals surface area contributed by atoms with E-state index in [0.717, 1.165) is 6.26 Å². The summed E-state index contributed by atoms with van der Waals surface area (Å²) >= 11 is 0. The third-order valence-electron chi connectivity index (χ3n) is 6.96. The summed E-state index contributed by atoms with van der Waals surface area (Å²) < 4.78 is 94.7. The molecule has 0 bridgehead atoms. The van der Waals surface area contributed by atoms with E-state index in [2.05, 4.69) is 25.6 Å². The van der Waals surface area contributed by atoms with Gasteiger partial charge in [-0.05, 0) is 54.3 Å². The van der Waals surface area contributed by atoms with E-state index in [1.165, 1.54) is 37.4 Å². The molecule has 11 nitrogen and oxygen atoms in total. The highest BCUT2D eigenvalue weighted by molar-refractivity contribution is 7.90. The molecule has 228 valence electrons. The molecule has 0 unspecified atom stereocenters. The number of sulfone groups is 1. The van der Waals surface area contributed by atoms with E-state index >= 15 is 0 Å². The molecule has 0 atom stereocenters. The second-order valence-corrected chi connectivity index (χ2v) is 13.8. The van der Waals surface area contributed by atoms with Gasteiger partial charge in [0, 0.05) is 25.5 Å². The maximum atomic E-state index is 13.9. The normalized spacial score (nSPS) is 14.9. The molecule has 1 aliphatic rings. The summed E-state index contributed by atoms with van der Waals surface area (Å²) in [5, 5.41) is 10.6. The monoisotopic (exact) mass is 636 g/mol. The van der Waals surface area contributed by atoms with Crippen LogP contribution < -0.4 is 15.8 Å². The first-order valence-corrected chi connectivity index (χ1v) is 16.2. The molecule has 16 heteroatoms. The maximum absolute atomic E-state index is 13.9. The van der Waals surface area contributed by atoms with Crippen molar-refractivity contribution in [2.75, 3.05) is 24.0 Å². The number of sulfonamides is 1. The van der Waals surface area contributed by atoms with Crippen molar-refractivity contribution in [1.29, 1.82) is 0 Å². The molecule has 1 saturated carbocycles. The van der Waals surface area contributed by atoms with Gasteiger partial charge in [-0.2, -0.15) is 18.2 Å². The van der Waals surface area contributed by atoms with Crippen LogP contribution in [0.25, 0.3) is 22.3 Å². The smallest absolute Gasteiger partial charge is 0.380 e. The number of nitrogens with two attached hydrogens (primary N) is 1. The van der Waals surface area contributed by atoms with Crippen molar-refractivity contribution in [3.63, 3.8) is 0 Å². The SMILES string of the molecule is COCc1ccc(-c2ccc3nc(NCc4ccc(S(N)(=O)=O)cc4)nc(NC4(C(F)(F)F)CC4)c3n2)cc1S(C)(=O)=O. The zero-order valence-electron chi connectivity index (χ0n) is 22.9. The number of ether oxygens (including phenoxy) is 1. The number of nitrogens with zero attached hydrogens (tertiary/aromatic N) is 3. The zero-order valence-corrected chi connectivity index (χ0v) is 24.6. The van der Waals surface area contributed by atoms with E-state index in [-0.39, 0.29) is 58.6 Å². The van der Waals surface area contributed by atoms with Crippen LogP contribution in [0.1, 0.15) is 24.0 Å². The molecule has 2 heterocycles. The molecular weight excluding hydrogens is 609 g/mol. The Kier molecular flexibility index (Phi) is 7.83. The van der Waals surface area contributed by atoms with Crippen LogP contribution in [0.3, 0.4) is 0 Å². The number of hydrogen-bond acceptors (Lipinski definition) is 10. The lowest BCUT2D eigenvalue weighted by atomic mass is 10.1. The fraction of sp³-hybridized carbons (Fsp3) is 0.296. The summed E-state index contributed by atoms with van der Waals surface area (Å²) in [4.78, 5) is 13.3. The molecule has 2 aromatic carbocycles. The van der Waals surface area contributed by atoms with Crippen molar-refractivity contribution in [2.45, 2.75) is 47.5 Å². The Balaban J connectivity index is 1.54. The van der Waals surface area contributed by atoms with Crippen molar-refractivity contribution >= 4 is 42.7 Å². The molecule has 0 aliphatic heterocycles. The minimum atomic E-state index is -4.54. The summed E-state index contributed by atoms with van der Waals surface area (Å²) in [5.74, 6) is -0.130. The minimum absolute atomic E-state index is 0.0151. The van der Waals surface area contributed by atoms with E-state index in [9.17, 15) is 30.0 Å². The largest absolute Gasteiger partial charge is 0.411 e. The lowest BCUT2D eigenvalue weighted by Crippen LogP contribution is -2.39. The van der Waals surface area contributed by atoms with Gasteiger partial charge in [0.05, 0.1) is 27.6 Å². The average Bonchev–Trinajstić information content (AvgIpc) is 3.72. The van der Waals surface area contributed by atoms with Crippen molar-refractivity contribution in [3.05, 3.63) is 65.7 Å². The predicted molar refractivity (Wildman–Crippen MR) is 153 cm³/mol. The van der Waals surface area contributed by atoms with Gasteiger partial charge in [-0.25, -0.2) is 31.9 Å². The van der Waals surface area contributed by atoms with Crippen LogP contribution in [-0.2, 0) is 37.7 Å². The first-order valence-electron chi connectivity index (χ1n) is 12.8. The molecule has 1 aliphatic carbocycles. The molecule has 5 rings (SSSR count). The highest BCUT2D eigenvalue weighted by Gasteiger charge is 2.64. The number of rotatable bonds is 10. The summed E-state index contributed by atoms with van der Waals surface area (Å²) in [7, 11) is -6.05. The maximum Gasteiger partial charge on any atom is 0.411 e. The molecule has 0 spiro atoms. The third kappa shape index (κ3) is 6.56. The van der Waals surface area contributed by atoms with Crippen LogP contribution in [0.5, 0.6) is 0 Å². The molecule has 0 saturated heterocycles. The molecule has 43 heavy (non-hydrogen) atoms. The number of fused-ring (bicyclic) bond motifs is 1. The molecular formula is C27H27F3N6O5S2. The van der Waals surface area contributed by atoms with Gasteiger partial charge in [-0.15, -0.1) is 0 Å². The fourth-order valence-corrected chi connectivity index (χ4v) is 5.94. The Morgan fingerprint density at radius 2 is 1.67 bits per heavy atom. The number of primary sulfonamides is 1. The van der Waals surface area contributed by atoms with Crippen LogP contribution >= 0.6 is 0 Å². The average molecular weight is 637 g/mol. The summed E-state index contributed by atoms with van der Waals surface area (Å²) in [6.07, 6.45) is -3.74. The molecule has 1 fully saturated rings. The highest BCUT2D eigenvalue weighted by atomic mass is 32.2. The quantitative estimate of drug-likeness (QED) is 0.232. The zero-order chi connectivity index (χ0) is 31.2. The van der Waals surface area contributed by atoms with Gasteiger partial charge in [0.2, 0.25) is 16.0 Å². The summed E-state index contributed by atoms with van der Waals surface area (Å²) in [6, 6.07) is 13.6. The van der Waals surface area contributed by atoms with Crippen LogP contribution in [0, 0.1) is 0 Å². The van der Waals surface area contributed by atoms with Crippen LogP contribution in [0.4, 0.5) is 24.9 Å². The summed E-state index contributed by atoms with van der Waals surface area (Å²) in [6.45, 7) is 0.204. The van der Waals surface area contributed by atoms with Crippen molar-refractivity contribution in [1.82, 2.24) is 15.0 Å². The topological polar surface area (TPSA) is 166 Å². The lowest BCUT2D eigenvalue weighted by Gasteiger charge is -2.22. The van der Waals surface area contributed by atoms with Crippen molar-refractivity contribution < 1.29 is 34.7 Å². The number of hydrogen-bond donors (Lipinski definition) is 3. The van der Waals surface area contributed by atoms with E-state index in [4.69, 9.17) is 9.88 Å². The Morgan fingerprint density at radius 1 is 0.977 bits per heavy atom. The van der Waals surface area contributed by atoms with Crippen molar-refractivity contribution in [3.8, 4) is 11.3 Å². The second kappa shape index (κ2) is 11.0. The number of pyridine rings is 1. The molecule has 4 aromatic rings. The number of alkyl halides is 3. The van der Waals surface area contributed by atoms with Gasteiger partial charge >= 0.3 is 6.18 Å². The van der Waals surface area contributed by atoms with E-state index in [1.54, 1.807) is 24.3 Å². The van der Waals surface area contributed by atoms with Crippen molar-refractivity contribution in [2.24, 2.45) is 5.14 Å². The fourth-order valence-electron chi connectivity index (χ4n) is 4.48. The lowest BCUT2D eigenvalue weighted by molar-refractivity contribution is -0.151. The van der Waals surface area contributed by atoms with Gasteiger partial charge in [-0.1, -0.05) is 24.3 Å². The van der Waals surface area contributed by atoms with Crippen LogP contribution in [-0.4, -0.2) is 56.9 Å². The van der Waals surface area contributed by atoms with Gasteiger partial charge < -0.3 is 15.4 Å². The summed E-state index contributed by atoms with van der Waals surface area (Å²) in [5.41, 5.74) is -0.0139. The Morgan fingerprint density at radius 3 is 2.26 bits per heavy atom. The van der Waals surface area contributed by atoms with E-state index in [0.29, 0.717) is 22.4 Å². The van der Waals surface area contributed by atoms with Gasteiger partial charge in [0.25, 0.3) is 0 Å². The molecule has 4 N–H and O–H groups in total.